The van der Waals surface area contributed by atoms with Crippen LogP contribution in [0.2, 0.25) is 0 Å². The second-order valence-electron chi connectivity index (χ2n) is 3.76. The molecule has 0 aromatic heterocycles. The van der Waals surface area contributed by atoms with Crippen molar-refractivity contribution in [2.45, 2.75) is 32.8 Å². The van der Waals surface area contributed by atoms with Crippen LogP contribution in [-0.4, -0.2) is 5.97 Å². The van der Waals surface area contributed by atoms with E-state index < -0.39 is 0 Å². The van der Waals surface area contributed by atoms with Gasteiger partial charge in [0.05, 0.1) is 4.48 Å². The summed E-state index contributed by atoms with van der Waals surface area (Å²) < 4.78 is 5.68. The molecule has 2 nitrogen and oxygen atoms in total. The Morgan fingerprint density at radius 2 is 2.06 bits per heavy atom. The number of hydrogen-bond donors (Lipinski definition) is 0. The van der Waals surface area contributed by atoms with Gasteiger partial charge in [0.25, 0.3) is 0 Å². The van der Waals surface area contributed by atoms with E-state index in [0.717, 1.165) is 24.8 Å². The summed E-state index contributed by atoms with van der Waals surface area (Å²) in [5.41, 5.74) is 0.995. The summed E-state index contributed by atoms with van der Waals surface area (Å²) in [5, 5.41) is 0. The van der Waals surface area contributed by atoms with Gasteiger partial charge in [-0.15, -0.1) is 0 Å². The first-order valence-electron chi connectivity index (χ1n) is 5.80. The van der Waals surface area contributed by atoms with Gasteiger partial charge in [-0.2, -0.15) is 0 Å². The second-order valence-corrected chi connectivity index (χ2v) is 4.61. The molecule has 0 aliphatic carbocycles. The molecule has 0 heterocycles. The zero-order valence-corrected chi connectivity index (χ0v) is 11.6. The lowest BCUT2D eigenvalue weighted by Gasteiger charge is -2.04. The third-order valence-corrected chi connectivity index (χ3v) is 2.94. The van der Waals surface area contributed by atoms with Crippen molar-refractivity contribution >= 4 is 21.9 Å². The van der Waals surface area contributed by atoms with Gasteiger partial charge in [-0.05, 0) is 27.9 Å². The van der Waals surface area contributed by atoms with Gasteiger partial charge in [-0.1, -0.05) is 56.2 Å². The van der Waals surface area contributed by atoms with Crippen LogP contribution < -0.4 is 0 Å². The lowest BCUT2D eigenvalue weighted by Crippen LogP contribution is -2.04. The molecular formula is C14H17BrO2. The highest BCUT2D eigenvalue weighted by molar-refractivity contribution is 9.12. The van der Waals surface area contributed by atoms with E-state index in [-0.39, 0.29) is 5.97 Å². The van der Waals surface area contributed by atoms with E-state index in [1.165, 1.54) is 0 Å². The number of benzene rings is 1. The van der Waals surface area contributed by atoms with E-state index >= 15 is 0 Å². The summed E-state index contributed by atoms with van der Waals surface area (Å²) in [4.78, 5) is 11.6. The molecule has 0 amide bonds. The Balaban J connectivity index is 2.36. The Bertz CT molecular complexity index is 371. The van der Waals surface area contributed by atoms with Gasteiger partial charge in [0.2, 0.25) is 0 Å². The number of allylic oxidation sites excluding steroid dienone is 1. The van der Waals surface area contributed by atoms with Crippen LogP contribution in [0.4, 0.5) is 0 Å². The maximum absolute atomic E-state index is 11.6. The normalized spacial score (nSPS) is 11.3. The Labute approximate surface area is 111 Å². The first kappa shape index (κ1) is 14.0. The summed E-state index contributed by atoms with van der Waals surface area (Å²) in [6.45, 7) is 2.44. The molecule has 92 valence electrons. The van der Waals surface area contributed by atoms with Gasteiger partial charge in [-0.3, -0.25) is 0 Å². The fourth-order valence-corrected chi connectivity index (χ4v) is 1.65. The second kappa shape index (κ2) is 8.07. The molecule has 0 bridgehead atoms. The minimum absolute atomic E-state index is 0.301. The summed E-state index contributed by atoms with van der Waals surface area (Å²) in [7, 11) is 0. The van der Waals surface area contributed by atoms with Crippen molar-refractivity contribution in [2.24, 2.45) is 0 Å². The quantitative estimate of drug-likeness (QED) is 0.447. The number of halogens is 1. The van der Waals surface area contributed by atoms with Crippen LogP contribution in [0.1, 0.15) is 31.7 Å². The number of carbonyl (C=O) groups excluding carboxylic acids is 1. The van der Waals surface area contributed by atoms with Crippen LogP contribution in [0.25, 0.3) is 0 Å². The SMILES string of the molecule is CCCC/C=C(\Br)C(=O)OCc1ccccc1. The van der Waals surface area contributed by atoms with Crippen molar-refractivity contribution in [2.75, 3.05) is 0 Å². The van der Waals surface area contributed by atoms with Crippen LogP contribution >= 0.6 is 15.9 Å². The Hall–Kier alpha value is -1.09. The highest BCUT2D eigenvalue weighted by Gasteiger charge is 2.06. The van der Waals surface area contributed by atoms with Crippen LogP contribution in [0, 0.1) is 0 Å². The summed E-state index contributed by atoms with van der Waals surface area (Å²) in [6.07, 6.45) is 4.98. The van der Waals surface area contributed by atoms with Gasteiger partial charge < -0.3 is 4.74 Å². The highest BCUT2D eigenvalue weighted by Crippen LogP contribution is 2.12. The van der Waals surface area contributed by atoms with Gasteiger partial charge in [0.15, 0.2) is 0 Å². The maximum atomic E-state index is 11.6. The van der Waals surface area contributed by atoms with Crippen molar-refractivity contribution in [1.29, 1.82) is 0 Å². The first-order valence-corrected chi connectivity index (χ1v) is 6.60. The third kappa shape index (κ3) is 5.68. The minimum Gasteiger partial charge on any atom is -0.457 e. The number of rotatable bonds is 6. The number of ether oxygens (including phenoxy) is 1. The van der Waals surface area contributed by atoms with E-state index in [1.54, 1.807) is 0 Å². The molecule has 3 heteroatoms. The molecule has 0 saturated heterocycles. The van der Waals surface area contributed by atoms with E-state index in [9.17, 15) is 4.79 Å². The maximum Gasteiger partial charge on any atom is 0.345 e. The lowest BCUT2D eigenvalue weighted by atomic mass is 10.2. The third-order valence-electron chi connectivity index (χ3n) is 2.29. The number of carbonyl (C=O) groups is 1. The largest absolute Gasteiger partial charge is 0.457 e. The van der Waals surface area contributed by atoms with Crippen molar-refractivity contribution in [3.63, 3.8) is 0 Å². The standard InChI is InChI=1S/C14H17BrO2/c1-2-3-5-10-13(15)14(16)17-11-12-8-6-4-7-9-12/h4,6-10H,2-3,5,11H2,1H3/b13-10-. The summed E-state index contributed by atoms with van der Waals surface area (Å²) in [6, 6.07) is 9.65. The smallest absolute Gasteiger partial charge is 0.345 e. The molecule has 0 atom stereocenters. The highest BCUT2D eigenvalue weighted by atomic mass is 79.9. The molecule has 0 aliphatic heterocycles. The first-order chi connectivity index (χ1) is 8.24. The number of esters is 1. The van der Waals surface area contributed by atoms with Crippen LogP contribution in [0.5, 0.6) is 0 Å². The number of unbranched alkanes of at least 4 members (excludes halogenated alkanes) is 2. The molecular weight excluding hydrogens is 280 g/mol. The summed E-state index contributed by atoms with van der Waals surface area (Å²) in [5.74, 6) is -0.301. The van der Waals surface area contributed by atoms with Gasteiger partial charge >= 0.3 is 5.97 Å². The monoisotopic (exact) mass is 296 g/mol. The topological polar surface area (TPSA) is 26.3 Å². The lowest BCUT2D eigenvalue weighted by molar-refractivity contribution is -0.139. The molecule has 1 aromatic carbocycles. The summed E-state index contributed by atoms with van der Waals surface area (Å²) >= 11 is 3.23. The van der Waals surface area contributed by atoms with E-state index in [2.05, 4.69) is 22.9 Å². The molecule has 1 rings (SSSR count). The van der Waals surface area contributed by atoms with E-state index in [1.807, 2.05) is 36.4 Å². The number of hydrogen-bond acceptors (Lipinski definition) is 2. The van der Waals surface area contributed by atoms with Crippen LogP contribution in [0.15, 0.2) is 40.9 Å². The molecule has 0 radical (unpaired) electrons. The predicted octanol–water partition coefficient (Wildman–Crippen LogP) is 4.20. The van der Waals surface area contributed by atoms with Gasteiger partial charge in [0, 0.05) is 0 Å². The Kier molecular flexibility index (Phi) is 6.63. The molecule has 0 saturated carbocycles. The predicted molar refractivity (Wildman–Crippen MR) is 72.8 cm³/mol. The molecule has 17 heavy (non-hydrogen) atoms. The average molecular weight is 297 g/mol. The van der Waals surface area contributed by atoms with E-state index in [0.29, 0.717) is 11.1 Å². The zero-order chi connectivity index (χ0) is 12.5. The van der Waals surface area contributed by atoms with Crippen LogP contribution in [0.3, 0.4) is 0 Å². The van der Waals surface area contributed by atoms with Gasteiger partial charge in [-0.25, -0.2) is 4.79 Å². The molecule has 0 fully saturated rings. The Morgan fingerprint density at radius 3 is 2.71 bits per heavy atom. The molecule has 0 spiro atoms. The minimum atomic E-state index is -0.301. The average Bonchev–Trinajstić information content (AvgIpc) is 2.37. The van der Waals surface area contributed by atoms with Crippen molar-refractivity contribution in [3.8, 4) is 0 Å². The van der Waals surface area contributed by atoms with Crippen molar-refractivity contribution in [1.82, 2.24) is 0 Å². The van der Waals surface area contributed by atoms with Crippen molar-refractivity contribution in [3.05, 3.63) is 46.5 Å². The van der Waals surface area contributed by atoms with Gasteiger partial charge in [0.1, 0.15) is 6.61 Å². The fraction of sp³-hybridized carbons (Fsp3) is 0.357. The molecule has 0 N–H and O–H groups in total. The molecule has 0 aliphatic rings. The fourth-order valence-electron chi connectivity index (χ4n) is 1.31. The zero-order valence-electron chi connectivity index (χ0n) is 9.99. The molecule has 1 aromatic rings. The van der Waals surface area contributed by atoms with Crippen LogP contribution in [-0.2, 0) is 16.1 Å². The molecule has 0 unspecified atom stereocenters. The Morgan fingerprint density at radius 1 is 1.35 bits per heavy atom. The van der Waals surface area contributed by atoms with E-state index in [4.69, 9.17) is 4.74 Å². The van der Waals surface area contributed by atoms with Crippen molar-refractivity contribution < 1.29 is 9.53 Å².